The Bertz CT molecular complexity index is 350. The number of terminal acetylenes is 1. The number of ether oxygens (including phenoxy) is 1. The van der Waals surface area contributed by atoms with Crippen LogP contribution in [0, 0.1) is 12.3 Å². The van der Waals surface area contributed by atoms with Crippen molar-refractivity contribution in [3.63, 3.8) is 0 Å². The molecule has 0 radical (unpaired) electrons. The number of hydrogen-bond acceptors (Lipinski definition) is 3. The van der Waals surface area contributed by atoms with E-state index in [4.69, 9.17) is 22.8 Å². The summed E-state index contributed by atoms with van der Waals surface area (Å²) in [5.74, 6) is 2.77. The smallest absolute Gasteiger partial charge is 0.233 e. The van der Waals surface area contributed by atoms with Crippen molar-refractivity contribution < 1.29 is 4.74 Å². The van der Waals surface area contributed by atoms with Gasteiger partial charge in [0, 0.05) is 0 Å². The maximum absolute atomic E-state index is 5.71. The standard InChI is InChI=1S/C8H6BrClN2O/c1-3-5(2)13-8-6(9)7(10)11-4-12-8/h1,4-5H,2H3. The molecule has 68 valence electrons. The van der Waals surface area contributed by atoms with Crippen LogP contribution >= 0.6 is 27.5 Å². The fourth-order valence-electron chi connectivity index (χ4n) is 0.617. The quantitative estimate of drug-likeness (QED) is 0.605. The van der Waals surface area contributed by atoms with Gasteiger partial charge in [0.05, 0.1) is 0 Å². The maximum Gasteiger partial charge on any atom is 0.233 e. The topological polar surface area (TPSA) is 35.0 Å². The van der Waals surface area contributed by atoms with Gasteiger partial charge in [-0.15, -0.1) is 6.42 Å². The zero-order chi connectivity index (χ0) is 9.84. The molecule has 13 heavy (non-hydrogen) atoms. The van der Waals surface area contributed by atoms with E-state index in [1.165, 1.54) is 6.33 Å². The minimum Gasteiger partial charge on any atom is -0.461 e. The van der Waals surface area contributed by atoms with E-state index >= 15 is 0 Å². The van der Waals surface area contributed by atoms with Gasteiger partial charge in [0.2, 0.25) is 5.88 Å². The van der Waals surface area contributed by atoms with Crippen molar-refractivity contribution in [3.05, 3.63) is 16.0 Å². The fourth-order valence-corrected chi connectivity index (χ4v) is 1.04. The van der Waals surface area contributed by atoms with Crippen LogP contribution in [0.25, 0.3) is 0 Å². The van der Waals surface area contributed by atoms with Crippen LogP contribution in [-0.4, -0.2) is 16.1 Å². The Balaban J connectivity index is 2.90. The average molecular weight is 262 g/mol. The highest BCUT2D eigenvalue weighted by molar-refractivity contribution is 9.10. The molecular formula is C8H6BrClN2O. The molecule has 0 saturated heterocycles. The Labute approximate surface area is 89.6 Å². The monoisotopic (exact) mass is 260 g/mol. The van der Waals surface area contributed by atoms with E-state index in [1.807, 2.05) is 0 Å². The van der Waals surface area contributed by atoms with Crippen LogP contribution in [0.3, 0.4) is 0 Å². The number of hydrogen-bond donors (Lipinski definition) is 0. The van der Waals surface area contributed by atoms with Crippen LogP contribution in [0.4, 0.5) is 0 Å². The van der Waals surface area contributed by atoms with Crippen molar-refractivity contribution in [3.8, 4) is 18.2 Å². The lowest BCUT2D eigenvalue weighted by molar-refractivity contribution is 0.265. The van der Waals surface area contributed by atoms with E-state index in [9.17, 15) is 0 Å². The van der Waals surface area contributed by atoms with Gasteiger partial charge in [0.1, 0.15) is 10.8 Å². The van der Waals surface area contributed by atoms with Crippen LogP contribution in [0.2, 0.25) is 5.15 Å². The molecule has 0 bridgehead atoms. The summed E-state index contributed by atoms with van der Waals surface area (Å²) >= 11 is 8.90. The predicted octanol–water partition coefficient (Wildman–Crippen LogP) is 2.29. The summed E-state index contributed by atoms with van der Waals surface area (Å²) in [6, 6.07) is 0. The average Bonchev–Trinajstić information content (AvgIpc) is 2.13. The molecule has 0 amide bonds. The highest BCUT2D eigenvalue weighted by Gasteiger charge is 2.09. The number of halogens is 2. The van der Waals surface area contributed by atoms with Gasteiger partial charge in [0.15, 0.2) is 11.3 Å². The molecule has 1 heterocycles. The minimum absolute atomic E-state index is 0.300. The van der Waals surface area contributed by atoms with Gasteiger partial charge >= 0.3 is 0 Å². The maximum atomic E-state index is 5.71. The van der Waals surface area contributed by atoms with Crippen molar-refractivity contribution in [1.82, 2.24) is 9.97 Å². The molecule has 1 aromatic rings. The largest absolute Gasteiger partial charge is 0.461 e. The Hall–Kier alpha value is -0.790. The third kappa shape index (κ3) is 2.58. The minimum atomic E-state index is -0.345. The Morgan fingerprint density at radius 2 is 2.38 bits per heavy atom. The summed E-state index contributed by atoms with van der Waals surface area (Å²) in [5.41, 5.74) is 0. The second-order valence-corrected chi connectivity index (χ2v) is 3.36. The summed E-state index contributed by atoms with van der Waals surface area (Å²) in [5, 5.41) is 0.300. The van der Waals surface area contributed by atoms with E-state index in [1.54, 1.807) is 6.92 Å². The number of rotatable bonds is 2. The lowest BCUT2D eigenvalue weighted by Crippen LogP contribution is -2.09. The van der Waals surface area contributed by atoms with Gasteiger partial charge in [-0.3, -0.25) is 0 Å². The molecule has 1 atom stereocenters. The molecular weight excluding hydrogens is 255 g/mol. The zero-order valence-electron chi connectivity index (χ0n) is 6.79. The molecule has 0 fully saturated rings. The Morgan fingerprint density at radius 3 is 3.00 bits per heavy atom. The normalized spacial score (nSPS) is 11.8. The van der Waals surface area contributed by atoms with Gasteiger partial charge in [-0.1, -0.05) is 17.5 Å². The Kier molecular flexibility index (Phi) is 3.52. The van der Waals surface area contributed by atoms with Gasteiger partial charge in [-0.2, -0.15) is 0 Å². The molecule has 3 nitrogen and oxygen atoms in total. The van der Waals surface area contributed by atoms with Gasteiger partial charge in [-0.25, -0.2) is 9.97 Å². The highest BCUT2D eigenvalue weighted by Crippen LogP contribution is 2.28. The molecule has 0 N–H and O–H groups in total. The van der Waals surface area contributed by atoms with Crippen LogP contribution in [0.5, 0.6) is 5.88 Å². The fraction of sp³-hybridized carbons (Fsp3) is 0.250. The molecule has 0 spiro atoms. The number of nitrogens with zero attached hydrogens (tertiary/aromatic N) is 2. The molecule has 5 heteroatoms. The molecule has 0 aliphatic carbocycles. The third-order valence-electron chi connectivity index (χ3n) is 1.24. The first-order valence-electron chi connectivity index (χ1n) is 3.44. The van der Waals surface area contributed by atoms with Gasteiger partial charge in [0.25, 0.3) is 0 Å². The van der Waals surface area contributed by atoms with Crippen LogP contribution in [0.1, 0.15) is 6.92 Å². The van der Waals surface area contributed by atoms with Gasteiger partial charge in [-0.05, 0) is 22.9 Å². The number of aromatic nitrogens is 2. The molecule has 1 unspecified atom stereocenters. The summed E-state index contributed by atoms with van der Waals surface area (Å²) in [6.07, 6.45) is 6.11. The highest BCUT2D eigenvalue weighted by atomic mass is 79.9. The van der Waals surface area contributed by atoms with Crippen molar-refractivity contribution in [2.24, 2.45) is 0 Å². The summed E-state index contributed by atoms with van der Waals surface area (Å²) in [4.78, 5) is 7.62. The van der Waals surface area contributed by atoms with E-state index in [0.29, 0.717) is 15.5 Å². The first-order chi connectivity index (χ1) is 6.15. The first kappa shape index (κ1) is 10.3. The lowest BCUT2D eigenvalue weighted by Gasteiger charge is -2.08. The van der Waals surface area contributed by atoms with Crippen molar-refractivity contribution >= 4 is 27.5 Å². The summed E-state index contributed by atoms with van der Waals surface area (Å²) in [7, 11) is 0. The third-order valence-corrected chi connectivity index (χ3v) is 2.47. The Morgan fingerprint density at radius 1 is 1.69 bits per heavy atom. The van der Waals surface area contributed by atoms with E-state index in [2.05, 4.69) is 31.8 Å². The van der Waals surface area contributed by atoms with Crippen molar-refractivity contribution in [1.29, 1.82) is 0 Å². The summed E-state index contributed by atoms with van der Waals surface area (Å²) in [6.45, 7) is 1.74. The molecule has 1 rings (SSSR count). The predicted molar refractivity (Wildman–Crippen MR) is 53.7 cm³/mol. The second kappa shape index (κ2) is 4.45. The molecule has 0 aliphatic heterocycles. The van der Waals surface area contributed by atoms with Crippen molar-refractivity contribution in [2.75, 3.05) is 0 Å². The van der Waals surface area contributed by atoms with E-state index in [-0.39, 0.29) is 6.10 Å². The van der Waals surface area contributed by atoms with Crippen LogP contribution in [-0.2, 0) is 0 Å². The SMILES string of the molecule is C#CC(C)Oc1ncnc(Cl)c1Br. The van der Waals surface area contributed by atoms with Gasteiger partial charge < -0.3 is 4.74 Å². The molecule has 1 aromatic heterocycles. The van der Waals surface area contributed by atoms with Crippen LogP contribution < -0.4 is 4.74 Å². The lowest BCUT2D eigenvalue weighted by atomic mass is 10.4. The molecule has 0 aromatic carbocycles. The zero-order valence-corrected chi connectivity index (χ0v) is 9.13. The molecule has 0 saturated carbocycles. The first-order valence-corrected chi connectivity index (χ1v) is 4.61. The molecule has 0 aliphatic rings. The van der Waals surface area contributed by atoms with E-state index in [0.717, 1.165) is 0 Å². The van der Waals surface area contributed by atoms with Crippen molar-refractivity contribution in [2.45, 2.75) is 13.0 Å². The van der Waals surface area contributed by atoms with E-state index < -0.39 is 0 Å². The van der Waals surface area contributed by atoms with Crippen LogP contribution in [0.15, 0.2) is 10.8 Å². The summed E-state index contributed by atoms with van der Waals surface area (Å²) < 4.78 is 5.77. The second-order valence-electron chi connectivity index (χ2n) is 2.21.